The van der Waals surface area contributed by atoms with Crippen LogP contribution in [0.25, 0.3) is 40.3 Å². The van der Waals surface area contributed by atoms with E-state index < -0.39 is 0 Å². The molecule has 156 valence electrons. The van der Waals surface area contributed by atoms with E-state index in [0.29, 0.717) is 0 Å². The molecule has 1 aromatic carbocycles. The van der Waals surface area contributed by atoms with Crippen LogP contribution in [0.15, 0.2) is 43.4 Å². The molecule has 0 saturated carbocycles. The van der Waals surface area contributed by atoms with Gasteiger partial charge in [0.1, 0.15) is 11.2 Å². The van der Waals surface area contributed by atoms with Crippen molar-refractivity contribution >= 4 is 34.4 Å². The summed E-state index contributed by atoms with van der Waals surface area (Å²) in [5, 5.41) is 9.53. The molecule has 1 aliphatic rings. The maximum absolute atomic E-state index is 4.98. The number of nitrogens with one attached hydrogen (secondary N) is 2. The van der Waals surface area contributed by atoms with E-state index in [-0.39, 0.29) is 0 Å². The molecule has 0 bridgehead atoms. The SMILES string of the molecule is C=C(/C=c1/c(-c2nc3c(N4CCCCC4)cccc3[nH]2)n[nH]/c1=C/C)c1cnccn1. The molecule has 0 unspecified atom stereocenters. The van der Waals surface area contributed by atoms with Gasteiger partial charge < -0.3 is 9.88 Å². The minimum atomic E-state index is 0.730. The van der Waals surface area contributed by atoms with Gasteiger partial charge in [0.25, 0.3) is 0 Å². The molecule has 1 fully saturated rings. The lowest BCUT2D eigenvalue weighted by atomic mass is 10.1. The van der Waals surface area contributed by atoms with Crippen molar-refractivity contribution in [3.63, 3.8) is 0 Å². The number of hydrogen-bond donors (Lipinski definition) is 2. The van der Waals surface area contributed by atoms with Gasteiger partial charge in [0.2, 0.25) is 0 Å². The van der Waals surface area contributed by atoms with Gasteiger partial charge in [-0.25, -0.2) is 4.98 Å². The van der Waals surface area contributed by atoms with E-state index in [1.165, 1.54) is 24.9 Å². The first-order chi connectivity index (χ1) is 15.2. The fourth-order valence-electron chi connectivity index (χ4n) is 4.14. The molecule has 2 N–H and O–H groups in total. The second-order valence-electron chi connectivity index (χ2n) is 7.75. The van der Waals surface area contributed by atoms with Gasteiger partial charge in [0, 0.05) is 30.7 Å². The minimum Gasteiger partial charge on any atom is -0.370 e. The average Bonchev–Trinajstić information content (AvgIpc) is 3.43. The lowest BCUT2D eigenvalue weighted by Gasteiger charge is -2.28. The van der Waals surface area contributed by atoms with Crippen LogP contribution in [0, 0.1) is 0 Å². The number of aromatic amines is 2. The van der Waals surface area contributed by atoms with Crippen LogP contribution in [0.4, 0.5) is 5.69 Å². The standard InChI is InChI=1S/C24H25N7/c1-3-18-17(14-16(2)20-15-25-10-11-26-20)22(30-29-18)24-27-19-8-7-9-21(23(19)28-24)31-12-5-4-6-13-31/h3,7-11,14-15,29H,2,4-6,12-13H2,1H3,(H,27,28)/b17-14+,18-3+. The Hall–Kier alpha value is -3.74. The first-order valence-corrected chi connectivity index (χ1v) is 10.7. The predicted octanol–water partition coefficient (Wildman–Crippen LogP) is 3.03. The molecule has 1 aliphatic heterocycles. The van der Waals surface area contributed by atoms with E-state index in [1.807, 2.05) is 19.1 Å². The largest absolute Gasteiger partial charge is 0.370 e. The number of hydrogen-bond acceptors (Lipinski definition) is 5. The summed E-state index contributed by atoms with van der Waals surface area (Å²) in [4.78, 5) is 19.4. The Kier molecular flexibility index (Phi) is 5.08. The topological polar surface area (TPSA) is 86.4 Å². The molecule has 0 aliphatic carbocycles. The fourth-order valence-corrected chi connectivity index (χ4v) is 4.14. The van der Waals surface area contributed by atoms with Gasteiger partial charge in [-0.15, -0.1) is 0 Å². The van der Waals surface area contributed by atoms with E-state index in [1.54, 1.807) is 18.6 Å². The molecule has 31 heavy (non-hydrogen) atoms. The number of benzene rings is 1. The highest BCUT2D eigenvalue weighted by Crippen LogP contribution is 2.29. The number of nitrogens with zero attached hydrogens (tertiary/aromatic N) is 5. The Labute approximate surface area is 180 Å². The fraction of sp³-hybridized carbons (Fsp3) is 0.250. The van der Waals surface area contributed by atoms with Gasteiger partial charge >= 0.3 is 0 Å². The zero-order chi connectivity index (χ0) is 21.2. The lowest BCUT2D eigenvalue weighted by molar-refractivity contribution is 0.579. The van der Waals surface area contributed by atoms with Crippen LogP contribution in [-0.2, 0) is 0 Å². The van der Waals surface area contributed by atoms with Gasteiger partial charge in [-0.2, -0.15) is 5.10 Å². The van der Waals surface area contributed by atoms with Crippen LogP contribution in [0.5, 0.6) is 0 Å². The molecule has 5 rings (SSSR count). The molecular formula is C24H25N7. The van der Waals surface area contributed by atoms with Crippen LogP contribution in [0.3, 0.4) is 0 Å². The number of rotatable bonds is 4. The van der Waals surface area contributed by atoms with E-state index in [4.69, 9.17) is 4.98 Å². The van der Waals surface area contributed by atoms with Crippen LogP contribution >= 0.6 is 0 Å². The molecule has 4 aromatic rings. The monoisotopic (exact) mass is 411 g/mol. The van der Waals surface area contributed by atoms with Crippen molar-refractivity contribution in [3.05, 3.63) is 59.6 Å². The third-order valence-electron chi connectivity index (χ3n) is 5.75. The van der Waals surface area contributed by atoms with Crippen molar-refractivity contribution < 1.29 is 0 Å². The summed E-state index contributed by atoms with van der Waals surface area (Å²) < 4.78 is 0. The van der Waals surface area contributed by atoms with Gasteiger partial charge in [-0.1, -0.05) is 18.7 Å². The molecule has 3 aromatic heterocycles. The summed E-state index contributed by atoms with van der Waals surface area (Å²) in [6.45, 7) is 8.31. The van der Waals surface area contributed by atoms with Gasteiger partial charge in [0.15, 0.2) is 5.82 Å². The maximum Gasteiger partial charge on any atom is 0.159 e. The number of allylic oxidation sites excluding steroid dienone is 1. The second-order valence-corrected chi connectivity index (χ2v) is 7.75. The number of fused-ring (bicyclic) bond motifs is 1. The van der Waals surface area contributed by atoms with Crippen LogP contribution < -0.4 is 15.5 Å². The Bertz CT molecular complexity index is 1340. The first-order valence-electron chi connectivity index (χ1n) is 10.7. The van der Waals surface area contributed by atoms with E-state index in [0.717, 1.165) is 57.5 Å². The van der Waals surface area contributed by atoms with Crippen molar-refractivity contribution in [2.24, 2.45) is 0 Å². The Morgan fingerprint density at radius 1 is 1.16 bits per heavy atom. The van der Waals surface area contributed by atoms with E-state index >= 15 is 0 Å². The molecule has 0 spiro atoms. The molecule has 0 atom stereocenters. The Balaban J connectivity index is 1.62. The highest BCUT2D eigenvalue weighted by atomic mass is 15.2. The van der Waals surface area contributed by atoms with E-state index in [2.05, 4.69) is 54.8 Å². The number of H-pyrrole nitrogens is 2. The summed E-state index contributed by atoms with van der Waals surface area (Å²) in [5.41, 5.74) is 5.45. The Morgan fingerprint density at radius 2 is 2.03 bits per heavy atom. The number of para-hydroxylation sites is 1. The molecule has 7 heteroatoms. The van der Waals surface area contributed by atoms with Crippen molar-refractivity contribution in [1.82, 2.24) is 30.1 Å². The highest BCUT2D eigenvalue weighted by Gasteiger charge is 2.18. The summed E-state index contributed by atoms with van der Waals surface area (Å²) in [7, 11) is 0. The summed E-state index contributed by atoms with van der Waals surface area (Å²) in [5.74, 6) is 0.738. The Morgan fingerprint density at radius 3 is 2.81 bits per heavy atom. The minimum absolute atomic E-state index is 0.730. The molecule has 0 radical (unpaired) electrons. The molecule has 4 heterocycles. The summed E-state index contributed by atoms with van der Waals surface area (Å²) in [6.07, 6.45) is 12.8. The van der Waals surface area contributed by atoms with Crippen LogP contribution in [0.1, 0.15) is 31.9 Å². The summed E-state index contributed by atoms with van der Waals surface area (Å²) >= 11 is 0. The van der Waals surface area contributed by atoms with Crippen LogP contribution in [0.2, 0.25) is 0 Å². The molecule has 1 saturated heterocycles. The number of imidazole rings is 1. The normalized spacial score (nSPS) is 15.7. The van der Waals surface area contributed by atoms with Gasteiger partial charge in [0.05, 0.1) is 28.4 Å². The third kappa shape index (κ3) is 3.63. The predicted molar refractivity (Wildman–Crippen MR) is 125 cm³/mol. The van der Waals surface area contributed by atoms with Crippen LogP contribution in [-0.4, -0.2) is 43.2 Å². The molecule has 7 nitrogen and oxygen atoms in total. The van der Waals surface area contributed by atoms with Crippen molar-refractivity contribution in [2.75, 3.05) is 18.0 Å². The van der Waals surface area contributed by atoms with E-state index in [9.17, 15) is 0 Å². The molecular weight excluding hydrogens is 386 g/mol. The van der Waals surface area contributed by atoms with Crippen molar-refractivity contribution in [1.29, 1.82) is 0 Å². The lowest BCUT2D eigenvalue weighted by Crippen LogP contribution is -2.29. The quantitative estimate of drug-likeness (QED) is 0.539. The average molecular weight is 412 g/mol. The third-order valence-corrected chi connectivity index (χ3v) is 5.75. The smallest absolute Gasteiger partial charge is 0.159 e. The number of piperidine rings is 1. The number of aromatic nitrogens is 6. The zero-order valence-electron chi connectivity index (χ0n) is 17.6. The first kappa shape index (κ1) is 19.2. The van der Waals surface area contributed by atoms with Crippen molar-refractivity contribution in [2.45, 2.75) is 26.2 Å². The number of anilines is 1. The maximum atomic E-state index is 4.98. The summed E-state index contributed by atoms with van der Waals surface area (Å²) in [6, 6.07) is 6.32. The highest BCUT2D eigenvalue weighted by molar-refractivity contribution is 5.91. The van der Waals surface area contributed by atoms with Gasteiger partial charge in [-0.05, 0) is 50.0 Å². The zero-order valence-corrected chi connectivity index (χ0v) is 17.6. The van der Waals surface area contributed by atoms with Crippen molar-refractivity contribution in [3.8, 4) is 11.5 Å². The van der Waals surface area contributed by atoms with Gasteiger partial charge in [-0.3, -0.25) is 15.1 Å². The second kappa shape index (κ2) is 8.18. The molecule has 0 amide bonds.